The number of fused-ring (bicyclic) bond motifs is 4. The number of Topliss-reactive ketones (excluding diaryl/α,β-unsaturated/α-hetero) is 2. The van der Waals surface area contributed by atoms with E-state index in [0.29, 0.717) is 28.1 Å². The lowest BCUT2D eigenvalue weighted by Gasteiger charge is -2.58. The molecule has 1 N–H and O–H groups in total. The fourth-order valence-corrected chi connectivity index (χ4v) is 7.23. The summed E-state index contributed by atoms with van der Waals surface area (Å²) in [6.07, 6.45) is 2.02. The van der Waals surface area contributed by atoms with Gasteiger partial charge in [-0.1, -0.05) is 44.2 Å². The molecule has 6 rings (SSSR count). The summed E-state index contributed by atoms with van der Waals surface area (Å²) in [4.78, 5) is 55.8. The molecule has 1 saturated carbocycles. The highest BCUT2D eigenvalue weighted by Gasteiger charge is 2.67. The van der Waals surface area contributed by atoms with E-state index in [1.54, 1.807) is 70.2 Å². The number of phenolic OH excluding ortho intramolecular Hbond substituents is 1. The summed E-state index contributed by atoms with van der Waals surface area (Å²) >= 11 is 0. The summed E-state index contributed by atoms with van der Waals surface area (Å²) in [5.74, 6) is -0.696. The molecule has 9 heteroatoms. The van der Waals surface area contributed by atoms with E-state index in [0.717, 1.165) is 10.1 Å². The molecular formula is C31H31N3O6. The second-order valence-corrected chi connectivity index (χ2v) is 11.4. The quantitative estimate of drug-likeness (QED) is 0.507. The number of phenols is 1. The lowest BCUT2D eigenvalue weighted by molar-refractivity contribution is -0.151. The number of benzene rings is 2. The Morgan fingerprint density at radius 2 is 1.60 bits per heavy atom. The van der Waals surface area contributed by atoms with Crippen LogP contribution in [-0.4, -0.2) is 37.7 Å². The number of rotatable bonds is 3. The van der Waals surface area contributed by atoms with Gasteiger partial charge in [0, 0.05) is 23.0 Å². The highest BCUT2D eigenvalue weighted by molar-refractivity contribution is 6.17. The zero-order chi connectivity index (χ0) is 28.7. The summed E-state index contributed by atoms with van der Waals surface area (Å²) < 4.78 is 9.25. The van der Waals surface area contributed by atoms with E-state index in [-0.39, 0.29) is 30.3 Å². The van der Waals surface area contributed by atoms with E-state index in [9.17, 15) is 24.3 Å². The van der Waals surface area contributed by atoms with Crippen LogP contribution >= 0.6 is 0 Å². The minimum absolute atomic E-state index is 0.0733. The summed E-state index contributed by atoms with van der Waals surface area (Å²) in [6, 6.07) is 12.9. The van der Waals surface area contributed by atoms with Crippen LogP contribution in [0.25, 0.3) is 5.69 Å². The van der Waals surface area contributed by atoms with Gasteiger partial charge in [0.25, 0.3) is 0 Å². The number of aromatic hydroxyl groups is 1. The molecule has 1 fully saturated rings. The van der Waals surface area contributed by atoms with Gasteiger partial charge in [-0.15, -0.1) is 0 Å². The van der Waals surface area contributed by atoms with Gasteiger partial charge < -0.3 is 9.84 Å². The molecule has 0 bridgehead atoms. The Kier molecular flexibility index (Phi) is 5.53. The van der Waals surface area contributed by atoms with Gasteiger partial charge in [0.2, 0.25) is 0 Å². The first-order chi connectivity index (χ1) is 19.0. The minimum Gasteiger partial charge on any atom is -0.508 e. The predicted octanol–water partition coefficient (Wildman–Crippen LogP) is 3.68. The molecule has 4 atom stereocenters. The van der Waals surface area contributed by atoms with Gasteiger partial charge in [0.15, 0.2) is 11.6 Å². The lowest BCUT2D eigenvalue weighted by atomic mass is 9.43. The molecule has 2 heterocycles. The summed E-state index contributed by atoms with van der Waals surface area (Å²) in [5, 5.41) is 11.2. The summed E-state index contributed by atoms with van der Waals surface area (Å²) in [7, 11) is 1.50. The molecule has 0 unspecified atom stereocenters. The largest absolute Gasteiger partial charge is 0.508 e. The van der Waals surface area contributed by atoms with Crippen molar-refractivity contribution in [3.63, 3.8) is 0 Å². The van der Waals surface area contributed by atoms with Gasteiger partial charge >= 0.3 is 11.4 Å². The zero-order valence-corrected chi connectivity index (χ0v) is 23.1. The number of allylic oxidation sites excluding steroid dienone is 4. The van der Waals surface area contributed by atoms with Gasteiger partial charge in [-0.05, 0) is 55.2 Å². The number of carbonyl (C=O) groups is 2. The maximum Gasteiger partial charge on any atom is 0.352 e. The molecule has 2 aromatic carbocycles. The normalized spacial score (nSPS) is 27.6. The summed E-state index contributed by atoms with van der Waals surface area (Å²) in [6.45, 7) is 7.03. The average molecular weight is 542 g/mol. The van der Waals surface area contributed by atoms with Crippen molar-refractivity contribution >= 4 is 11.6 Å². The van der Waals surface area contributed by atoms with Gasteiger partial charge in [-0.25, -0.2) is 23.5 Å². The third-order valence-electron chi connectivity index (χ3n) is 9.68. The van der Waals surface area contributed by atoms with E-state index in [1.165, 1.54) is 22.5 Å². The molecule has 0 saturated heterocycles. The number of carbonyl (C=O) groups excluding carboxylic acids is 2. The Hall–Kier alpha value is -4.40. The first-order valence-corrected chi connectivity index (χ1v) is 13.3. The molecule has 206 valence electrons. The Labute approximate surface area is 230 Å². The molecule has 0 spiro atoms. The second-order valence-electron chi connectivity index (χ2n) is 11.4. The highest BCUT2D eigenvalue weighted by Crippen LogP contribution is 2.66. The molecule has 0 amide bonds. The fourth-order valence-electron chi connectivity index (χ4n) is 7.23. The van der Waals surface area contributed by atoms with Crippen LogP contribution in [0.2, 0.25) is 0 Å². The molecular weight excluding hydrogens is 510 g/mol. The van der Waals surface area contributed by atoms with Crippen LogP contribution in [0.4, 0.5) is 0 Å². The van der Waals surface area contributed by atoms with Crippen LogP contribution in [0, 0.1) is 10.8 Å². The van der Waals surface area contributed by atoms with Crippen molar-refractivity contribution in [2.45, 2.75) is 52.6 Å². The second kappa shape index (κ2) is 8.55. The fraction of sp³-hybridized carbons (Fsp3) is 0.355. The van der Waals surface area contributed by atoms with Crippen LogP contribution in [-0.2, 0) is 16.1 Å². The lowest BCUT2D eigenvalue weighted by Crippen LogP contribution is -2.61. The van der Waals surface area contributed by atoms with Crippen molar-refractivity contribution in [1.82, 2.24) is 13.9 Å². The van der Waals surface area contributed by atoms with Crippen LogP contribution in [0.1, 0.15) is 51.6 Å². The highest BCUT2D eigenvalue weighted by atomic mass is 16.5. The van der Waals surface area contributed by atoms with Gasteiger partial charge in [0.05, 0.1) is 30.8 Å². The van der Waals surface area contributed by atoms with Gasteiger partial charge in [-0.2, -0.15) is 0 Å². The van der Waals surface area contributed by atoms with Crippen LogP contribution in [0.3, 0.4) is 0 Å². The van der Waals surface area contributed by atoms with E-state index >= 15 is 0 Å². The first kappa shape index (κ1) is 25.9. The van der Waals surface area contributed by atoms with E-state index in [4.69, 9.17) is 4.74 Å². The number of hydrogen-bond acceptors (Lipinski definition) is 6. The topological polar surface area (TPSA) is 113 Å². The number of para-hydroxylation sites is 1. The Bertz CT molecular complexity index is 1790. The van der Waals surface area contributed by atoms with Crippen LogP contribution < -0.4 is 16.1 Å². The molecule has 1 aromatic heterocycles. The van der Waals surface area contributed by atoms with Crippen molar-refractivity contribution in [2.75, 3.05) is 7.11 Å². The number of methoxy groups -OCH3 is 1. The van der Waals surface area contributed by atoms with Gasteiger partial charge in [0.1, 0.15) is 11.5 Å². The Morgan fingerprint density at radius 3 is 2.25 bits per heavy atom. The van der Waals surface area contributed by atoms with Crippen molar-refractivity contribution < 1.29 is 19.4 Å². The van der Waals surface area contributed by atoms with Crippen molar-refractivity contribution in [1.29, 1.82) is 0 Å². The molecule has 3 aromatic rings. The van der Waals surface area contributed by atoms with Gasteiger partial charge in [-0.3, -0.25) is 9.59 Å². The SMILES string of the molecule is COc1ccc([C@H]2C3=CCn4c(=O)n(-c5ccccc5)c(=O)n4[C@@H]3C[C@@]3(C)C(=O)C(C)=C(C)C(=O)[C@@]23C)c(O)c1. The number of hydrogen-bond donors (Lipinski definition) is 1. The van der Waals surface area contributed by atoms with Crippen LogP contribution in [0.5, 0.6) is 11.5 Å². The molecule has 1 aliphatic heterocycles. The predicted molar refractivity (Wildman–Crippen MR) is 148 cm³/mol. The average Bonchev–Trinajstić information content (AvgIpc) is 3.21. The maximum atomic E-state index is 14.2. The number of ketones is 2. The standard InChI is InChI=1S/C31H31N3O6/c1-17-18(2)27(37)31(4)25(22-12-11-20(40-5)15-24(22)35)21-13-14-32-28(38)33(19-9-7-6-8-10-19)29(39)34(32)23(21)16-30(31,3)26(17)36/h6-13,15,23,25,35H,14,16H2,1-5H3/t23-,25-,30+,31-/m1/s1. The molecule has 0 radical (unpaired) electrons. The zero-order valence-electron chi connectivity index (χ0n) is 23.1. The first-order valence-electron chi connectivity index (χ1n) is 13.3. The molecule has 9 nitrogen and oxygen atoms in total. The Morgan fingerprint density at radius 1 is 0.925 bits per heavy atom. The molecule has 40 heavy (non-hydrogen) atoms. The van der Waals surface area contributed by atoms with E-state index in [2.05, 4.69) is 0 Å². The van der Waals surface area contributed by atoms with Crippen molar-refractivity contribution in [3.05, 3.63) is 97.9 Å². The third kappa shape index (κ3) is 3.08. The smallest absolute Gasteiger partial charge is 0.352 e. The number of aromatic nitrogens is 3. The Balaban J connectivity index is 1.65. The van der Waals surface area contributed by atoms with E-state index in [1.807, 2.05) is 6.08 Å². The monoisotopic (exact) mass is 541 g/mol. The van der Waals surface area contributed by atoms with Crippen molar-refractivity contribution in [3.8, 4) is 17.2 Å². The maximum absolute atomic E-state index is 14.2. The molecule has 3 aliphatic rings. The molecule has 2 aliphatic carbocycles. The summed E-state index contributed by atoms with van der Waals surface area (Å²) in [5.41, 5.74) is -1.04. The minimum atomic E-state index is -1.25. The van der Waals surface area contributed by atoms with Crippen molar-refractivity contribution in [2.24, 2.45) is 10.8 Å². The van der Waals surface area contributed by atoms with E-state index < -0.39 is 34.2 Å². The number of nitrogens with zero attached hydrogens (tertiary/aromatic N) is 3. The third-order valence-corrected chi connectivity index (χ3v) is 9.68. The number of ether oxygens (including phenoxy) is 1. The van der Waals surface area contributed by atoms with Crippen LogP contribution in [0.15, 0.2) is 80.9 Å².